The second-order valence-electron chi connectivity index (χ2n) is 15.1. The molecular weight excluding hydrogens is 641 g/mol. The number of amides is 3. The van der Waals surface area contributed by atoms with Crippen LogP contribution < -0.4 is 16.4 Å². The standard InChI is InChI=1S/C35H52FN3O8S/c1-19(2)14-26(31(46)39-25(9-12-40)30(37)45)38-29(44)10-13-48-18-28(43)35(47)20(3)15-24-23-7-6-21-16-22(41)8-11-32(21,4)34(23,36)27(42)17-33(24,35)5/h8,11,16,19-20,23-27,40,42,47H,6-7,9-10,12-15,17-18H2,1-5H3,(H2,37,45)(H,38,44)(H,39,46)/t20-,23+,24+,25+,26+,27+,32+,33+,34+,35+/m1/s1. The van der Waals surface area contributed by atoms with Gasteiger partial charge in [0.05, 0.1) is 11.9 Å². The number of carbonyl (C=O) groups excluding carboxylic acids is 5. The molecule has 0 aromatic carbocycles. The Bertz CT molecular complexity index is 1370. The Morgan fingerprint density at radius 2 is 1.83 bits per heavy atom. The van der Waals surface area contributed by atoms with Crippen molar-refractivity contribution in [2.75, 3.05) is 18.1 Å². The number of rotatable bonds is 14. The highest BCUT2D eigenvalue weighted by molar-refractivity contribution is 7.99. The van der Waals surface area contributed by atoms with Crippen molar-refractivity contribution in [3.63, 3.8) is 0 Å². The van der Waals surface area contributed by atoms with Gasteiger partial charge in [0, 0.05) is 35.5 Å². The second-order valence-corrected chi connectivity index (χ2v) is 16.2. The third-order valence-corrected chi connectivity index (χ3v) is 12.7. The molecule has 0 aliphatic heterocycles. The highest BCUT2D eigenvalue weighted by Crippen LogP contribution is 2.70. The molecular formula is C35H52FN3O8S. The predicted octanol–water partition coefficient (Wildman–Crippen LogP) is 1.91. The monoisotopic (exact) mass is 693 g/mol. The fourth-order valence-electron chi connectivity index (χ4n) is 9.24. The van der Waals surface area contributed by atoms with Crippen molar-refractivity contribution in [3.8, 4) is 0 Å². The number of thioether (sulfide) groups is 1. The molecule has 4 aliphatic rings. The molecule has 13 heteroatoms. The van der Waals surface area contributed by atoms with Gasteiger partial charge >= 0.3 is 0 Å². The molecule has 0 heterocycles. The SMILES string of the molecule is CC(C)C[C@H](NC(=O)CCSCC(=O)[C@@]1(O)[C@H](C)C[C@H]2[C@@H]3CCC4=CC(=O)C=C[C@]4(C)[C@@]3(F)[C@@H](O)C[C@@]21C)C(=O)N[C@@H](CCO)C(N)=O. The minimum Gasteiger partial charge on any atom is -0.396 e. The van der Waals surface area contributed by atoms with Gasteiger partial charge in [0.1, 0.15) is 17.7 Å². The number of aliphatic hydroxyl groups excluding tert-OH is 2. The quantitative estimate of drug-likeness (QED) is 0.147. The van der Waals surface area contributed by atoms with Gasteiger partial charge in [-0.1, -0.05) is 39.3 Å². The summed E-state index contributed by atoms with van der Waals surface area (Å²) in [6, 6.07) is -2.00. The van der Waals surface area contributed by atoms with Crippen molar-refractivity contribution in [1.82, 2.24) is 10.6 Å². The fourth-order valence-corrected chi connectivity index (χ4v) is 10.1. The number of halogens is 1. The smallest absolute Gasteiger partial charge is 0.243 e. The number of alkyl halides is 1. The van der Waals surface area contributed by atoms with E-state index in [1.54, 1.807) is 26.8 Å². The summed E-state index contributed by atoms with van der Waals surface area (Å²) in [5, 5.41) is 38.1. The van der Waals surface area contributed by atoms with Crippen LogP contribution in [0, 0.1) is 34.5 Å². The third-order valence-electron chi connectivity index (χ3n) is 11.8. The van der Waals surface area contributed by atoms with Gasteiger partial charge in [-0.2, -0.15) is 11.8 Å². The van der Waals surface area contributed by atoms with Gasteiger partial charge in [-0.15, -0.1) is 0 Å². The lowest BCUT2D eigenvalue weighted by Gasteiger charge is -2.62. The number of primary amides is 1. The molecule has 48 heavy (non-hydrogen) atoms. The number of hydrogen-bond donors (Lipinski definition) is 6. The maximum absolute atomic E-state index is 17.4. The van der Waals surface area contributed by atoms with Gasteiger partial charge in [-0.3, -0.25) is 24.0 Å². The first-order valence-electron chi connectivity index (χ1n) is 17.0. The Labute approximate surface area is 286 Å². The number of carbonyl (C=O) groups is 5. The molecule has 0 spiro atoms. The van der Waals surface area contributed by atoms with Gasteiger partial charge in [-0.25, -0.2) is 4.39 Å². The Kier molecular flexibility index (Phi) is 11.4. The summed E-state index contributed by atoms with van der Waals surface area (Å²) >= 11 is 1.18. The van der Waals surface area contributed by atoms with Crippen LogP contribution in [-0.4, -0.2) is 92.2 Å². The van der Waals surface area contributed by atoms with Crippen molar-refractivity contribution in [3.05, 3.63) is 23.8 Å². The van der Waals surface area contributed by atoms with Crippen molar-refractivity contribution in [2.24, 2.45) is 40.2 Å². The summed E-state index contributed by atoms with van der Waals surface area (Å²) in [6.07, 6.45) is 4.40. The molecule has 11 nitrogen and oxygen atoms in total. The van der Waals surface area contributed by atoms with Crippen LogP contribution in [0.5, 0.6) is 0 Å². The zero-order valence-corrected chi connectivity index (χ0v) is 29.4. The molecule has 7 N–H and O–H groups in total. The van der Waals surface area contributed by atoms with E-state index in [0.29, 0.717) is 31.3 Å². The van der Waals surface area contributed by atoms with Crippen LogP contribution in [0.1, 0.15) is 79.6 Å². The van der Waals surface area contributed by atoms with E-state index < -0.39 is 75.6 Å². The number of nitrogens with one attached hydrogen (secondary N) is 2. The number of allylic oxidation sites excluding steroid dienone is 4. The van der Waals surface area contributed by atoms with Gasteiger partial charge in [-0.05, 0) is 75.4 Å². The maximum atomic E-state index is 17.4. The number of nitrogens with two attached hydrogens (primary N) is 1. The van der Waals surface area contributed by atoms with Crippen molar-refractivity contribution >= 4 is 41.0 Å². The summed E-state index contributed by atoms with van der Waals surface area (Å²) in [7, 11) is 0. The maximum Gasteiger partial charge on any atom is 0.243 e. The zero-order chi connectivity index (χ0) is 35.8. The molecule has 0 bridgehead atoms. The lowest BCUT2D eigenvalue weighted by atomic mass is 9.44. The van der Waals surface area contributed by atoms with Crippen LogP contribution in [0.15, 0.2) is 23.8 Å². The minimum atomic E-state index is -2.06. The molecule has 0 saturated heterocycles. The molecule has 10 atom stereocenters. The fraction of sp³-hybridized carbons (Fsp3) is 0.743. The predicted molar refractivity (Wildman–Crippen MR) is 179 cm³/mol. The highest BCUT2D eigenvalue weighted by atomic mass is 32.2. The average molecular weight is 694 g/mol. The van der Waals surface area contributed by atoms with E-state index in [0.717, 1.165) is 0 Å². The van der Waals surface area contributed by atoms with Crippen LogP contribution in [-0.2, 0) is 24.0 Å². The summed E-state index contributed by atoms with van der Waals surface area (Å²) < 4.78 is 17.4. The molecule has 3 amide bonds. The molecule has 0 radical (unpaired) electrons. The Morgan fingerprint density at radius 1 is 1.15 bits per heavy atom. The van der Waals surface area contributed by atoms with E-state index in [2.05, 4.69) is 10.6 Å². The largest absolute Gasteiger partial charge is 0.396 e. The van der Waals surface area contributed by atoms with Crippen LogP contribution in [0.3, 0.4) is 0 Å². The molecule has 4 aliphatic carbocycles. The van der Waals surface area contributed by atoms with Gasteiger partial charge in [0.15, 0.2) is 17.2 Å². The molecule has 3 saturated carbocycles. The Hall–Kier alpha value is -2.61. The van der Waals surface area contributed by atoms with Crippen molar-refractivity contribution in [2.45, 2.75) is 109 Å². The Balaban J connectivity index is 1.39. The summed E-state index contributed by atoms with van der Waals surface area (Å²) in [5.41, 5.74) is -0.120. The highest BCUT2D eigenvalue weighted by Gasteiger charge is 2.75. The number of fused-ring (bicyclic) bond motifs is 5. The van der Waals surface area contributed by atoms with Crippen LogP contribution in [0.25, 0.3) is 0 Å². The summed E-state index contributed by atoms with van der Waals surface area (Å²) in [6.45, 7) is 8.72. The number of hydrogen-bond acceptors (Lipinski definition) is 9. The van der Waals surface area contributed by atoms with Gasteiger partial charge < -0.3 is 31.7 Å². The van der Waals surface area contributed by atoms with E-state index in [-0.39, 0.29) is 55.0 Å². The van der Waals surface area contributed by atoms with E-state index in [1.165, 1.54) is 23.9 Å². The van der Waals surface area contributed by atoms with Crippen molar-refractivity contribution < 1.29 is 43.7 Å². The molecule has 3 fully saturated rings. The van der Waals surface area contributed by atoms with E-state index >= 15 is 4.39 Å². The minimum absolute atomic E-state index is 0.0147. The van der Waals surface area contributed by atoms with Gasteiger partial charge in [0.2, 0.25) is 17.7 Å². The first-order chi connectivity index (χ1) is 22.4. The lowest BCUT2D eigenvalue weighted by molar-refractivity contribution is -0.218. The molecule has 0 aromatic heterocycles. The van der Waals surface area contributed by atoms with Crippen LogP contribution >= 0.6 is 11.8 Å². The lowest BCUT2D eigenvalue weighted by Crippen LogP contribution is -2.69. The van der Waals surface area contributed by atoms with Crippen LogP contribution in [0.2, 0.25) is 0 Å². The first-order valence-corrected chi connectivity index (χ1v) is 18.2. The van der Waals surface area contributed by atoms with E-state index in [9.17, 15) is 39.3 Å². The molecule has 268 valence electrons. The summed E-state index contributed by atoms with van der Waals surface area (Å²) in [4.78, 5) is 63.3. The summed E-state index contributed by atoms with van der Waals surface area (Å²) in [5.74, 6) is -3.74. The zero-order valence-electron chi connectivity index (χ0n) is 28.6. The van der Waals surface area contributed by atoms with Crippen molar-refractivity contribution in [1.29, 1.82) is 0 Å². The van der Waals surface area contributed by atoms with E-state index in [1.807, 2.05) is 13.8 Å². The molecule has 0 unspecified atom stereocenters. The number of aliphatic hydroxyl groups is 3. The number of ketones is 2. The topological polar surface area (TPSA) is 196 Å². The van der Waals surface area contributed by atoms with Gasteiger partial charge in [0.25, 0.3) is 0 Å². The Morgan fingerprint density at radius 3 is 2.46 bits per heavy atom. The molecule has 0 aromatic rings. The first kappa shape index (κ1) is 38.2. The second kappa shape index (κ2) is 14.3. The van der Waals surface area contributed by atoms with E-state index in [4.69, 9.17) is 5.73 Å². The average Bonchev–Trinajstić information content (AvgIpc) is 3.20. The molecule has 4 rings (SSSR count). The van der Waals surface area contributed by atoms with Crippen LogP contribution in [0.4, 0.5) is 4.39 Å². The third kappa shape index (κ3) is 6.52. The normalized spacial score (nSPS) is 36.7. The number of Topliss-reactive ketones (excluding diaryl/α,β-unsaturated/α-hetero) is 1.